The number of aromatic hydroxyl groups is 2. The van der Waals surface area contributed by atoms with Gasteiger partial charge in [-0.2, -0.15) is 0 Å². The molecule has 0 bridgehead atoms. The third kappa shape index (κ3) is 2.99. The van der Waals surface area contributed by atoms with Gasteiger partial charge in [0, 0.05) is 5.69 Å². The molecule has 1 unspecified atom stereocenters. The summed E-state index contributed by atoms with van der Waals surface area (Å²) in [6.45, 7) is 1.87. The Kier molecular flexibility index (Phi) is 4.39. The highest BCUT2D eigenvalue weighted by Crippen LogP contribution is 2.35. The fourth-order valence-corrected chi connectivity index (χ4v) is 2.60. The normalized spacial score (nSPS) is 11.9. The molecule has 0 heterocycles. The van der Waals surface area contributed by atoms with E-state index < -0.39 is 0 Å². The average Bonchev–Trinajstić information content (AvgIpc) is 2.38. The van der Waals surface area contributed by atoms with Crippen molar-refractivity contribution in [2.24, 2.45) is 0 Å². The molecule has 0 fully saturated rings. The number of phenolic OH excluding ortho intramolecular Hbond substituents is 2. The van der Waals surface area contributed by atoms with Crippen LogP contribution in [0.3, 0.4) is 0 Å². The van der Waals surface area contributed by atoms with Crippen molar-refractivity contribution < 1.29 is 14.9 Å². The topological polar surface area (TPSA) is 61.7 Å². The molecule has 106 valence electrons. The van der Waals surface area contributed by atoms with Crippen LogP contribution in [0.2, 0.25) is 0 Å². The van der Waals surface area contributed by atoms with Crippen molar-refractivity contribution in [3.8, 4) is 17.2 Å². The van der Waals surface area contributed by atoms with Crippen LogP contribution in [0.5, 0.6) is 17.2 Å². The Balaban J connectivity index is 2.23. The number of halogens is 1. The van der Waals surface area contributed by atoms with Crippen molar-refractivity contribution in [2.75, 3.05) is 12.4 Å². The third-order valence-electron chi connectivity index (χ3n) is 3.03. The summed E-state index contributed by atoms with van der Waals surface area (Å²) in [4.78, 5) is 0. The largest absolute Gasteiger partial charge is 0.507 e. The first-order valence-corrected chi connectivity index (χ1v) is 6.93. The zero-order valence-corrected chi connectivity index (χ0v) is 12.8. The lowest BCUT2D eigenvalue weighted by Crippen LogP contribution is -2.07. The molecule has 0 aliphatic carbocycles. The first-order chi connectivity index (χ1) is 9.52. The Hall–Kier alpha value is -1.88. The minimum absolute atomic E-state index is 0.0672. The van der Waals surface area contributed by atoms with Crippen molar-refractivity contribution in [1.29, 1.82) is 0 Å². The lowest BCUT2D eigenvalue weighted by atomic mass is 10.1. The Morgan fingerprint density at radius 1 is 1.15 bits per heavy atom. The van der Waals surface area contributed by atoms with Crippen LogP contribution in [0.4, 0.5) is 5.69 Å². The highest BCUT2D eigenvalue weighted by atomic mass is 79.9. The Bertz CT molecular complexity index is 596. The highest BCUT2D eigenvalue weighted by molar-refractivity contribution is 9.10. The molecule has 0 spiro atoms. The van der Waals surface area contributed by atoms with Gasteiger partial charge in [-0.3, -0.25) is 0 Å². The van der Waals surface area contributed by atoms with E-state index in [0.29, 0.717) is 5.56 Å². The summed E-state index contributed by atoms with van der Waals surface area (Å²) in [5.74, 6) is 0.878. The van der Waals surface area contributed by atoms with Gasteiger partial charge in [-0.15, -0.1) is 0 Å². The number of methoxy groups -OCH3 is 1. The lowest BCUT2D eigenvalue weighted by Gasteiger charge is -2.18. The second kappa shape index (κ2) is 6.05. The fraction of sp³-hybridized carbons (Fsp3) is 0.200. The number of hydrogen-bond donors (Lipinski definition) is 3. The predicted octanol–water partition coefficient (Wildman–Crippen LogP) is 4.04. The van der Waals surface area contributed by atoms with Crippen molar-refractivity contribution in [2.45, 2.75) is 13.0 Å². The molecule has 0 aliphatic rings. The molecule has 2 rings (SSSR count). The van der Waals surface area contributed by atoms with Crippen molar-refractivity contribution in [3.05, 3.63) is 46.4 Å². The molecular weight excluding hydrogens is 322 g/mol. The predicted molar refractivity (Wildman–Crippen MR) is 82.5 cm³/mol. The third-order valence-corrected chi connectivity index (χ3v) is 3.65. The van der Waals surface area contributed by atoms with Crippen molar-refractivity contribution >= 4 is 21.6 Å². The number of benzene rings is 2. The SMILES string of the molecule is COc1ccc(NC(C)c2c(O)cccc2O)cc1Br. The molecule has 0 aromatic heterocycles. The van der Waals surface area contributed by atoms with E-state index >= 15 is 0 Å². The summed E-state index contributed by atoms with van der Waals surface area (Å²) in [6.07, 6.45) is 0. The van der Waals surface area contributed by atoms with E-state index in [1.165, 1.54) is 0 Å². The van der Waals surface area contributed by atoms with E-state index in [1.807, 2.05) is 25.1 Å². The zero-order valence-electron chi connectivity index (χ0n) is 11.2. The molecule has 1 atom stereocenters. The number of rotatable bonds is 4. The summed E-state index contributed by atoms with van der Waals surface area (Å²) in [7, 11) is 1.61. The summed E-state index contributed by atoms with van der Waals surface area (Å²) < 4.78 is 6.01. The van der Waals surface area contributed by atoms with Crippen LogP contribution in [0.25, 0.3) is 0 Å². The van der Waals surface area contributed by atoms with Crippen molar-refractivity contribution in [1.82, 2.24) is 0 Å². The molecule has 0 saturated carbocycles. The summed E-state index contributed by atoms with van der Waals surface area (Å²) >= 11 is 3.42. The van der Waals surface area contributed by atoms with Crippen LogP contribution in [0, 0.1) is 0 Å². The van der Waals surface area contributed by atoms with Gasteiger partial charge in [-0.1, -0.05) is 6.07 Å². The molecule has 20 heavy (non-hydrogen) atoms. The van der Waals surface area contributed by atoms with Crippen molar-refractivity contribution in [3.63, 3.8) is 0 Å². The Morgan fingerprint density at radius 3 is 2.35 bits per heavy atom. The second-order valence-electron chi connectivity index (χ2n) is 4.43. The molecular formula is C15H16BrNO3. The number of hydrogen-bond acceptors (Lipinski definition) is 4. The van der Waals surface area contributed by atoms with Crippen LogP contribution >= 0.6 is 15.9 Å². The van der Waals surface area contributed by atoms with E-state index in [1.54, 1.807) is 25.3 Å². The van der Waals surface area contributed by atoms with Gasteiger partial charge >= 0.3 is 0 Å². The molecule has 4 nitrogen and oxygen atoms in total. The molecule has 0 radical (unpaired) electrons. The van der Waals surface area contributed by atoms with Gasteiger partial charge in [0.1, 0.15) is 17.2 Å². The maximum Gasteiger partial charge on any atom is 0.133 e. The molecule has 0 aliphatic heterocycles. The van der Waals surface area contributed by atoms with Gasteiger partial charge in [0.2, 0.25) is 0 Å². The van der Waals surface area contributed by atoms with Gasteiger partial charge in [0.25, 0.3) is 0 Å². The standard InChI is InChI=1S/C15H16BrNO3/c1-9(15-12(18)4-3-5-13(15)19)17-10-6-7-14(20-2)11(16)8-10/h3-9,17-19H,1-2H3. The second-order valence-corrected chi connectivity index (χ2v) is 5.28. The maximum atomic E-state index is 9.85. The molecule has 3 N–H and O–H groups in total. The molecule has 0 saturated heterocycles. The van der Waals surface area contributed by atoms with E-state index in [0.717, 1.165) is 15.9 Å². The van der Waals surface area contributed by atoms with Crippen LogP contribution in [-0.2, 0) is 0 Å². The lowest BCUT2D eigenvalue weighted by molar-refractivity contribution is 0.412. The Morgan fingerprint density at radius 2 is 1.80 bits per heavy atom. The molecule has 2 aromatic carbocycles. The minimum atomic E-state index is -0.239. The minimum Gasteiger partial charge on any atom is -0.507 e. The first-order valence-electron chi connectivity index (χ1n) is 6.14. The van der Waals surface area contributed by atoms with E-state index in [4.69, 9.17) is 4.74 Å². The number of phenols is 2. The van der Waals surface area contributed by atoms with Gasteiger partial charge in [0.05, 0.1) is 23.2 Å². The van der Waals surface area contributed by atoms with E-state index in [9.17, 15) is 10.2 Å². The van der Waals surface area contributed by atoms with Gasteiger partial charge in [-0.05, 0) is 53.2 Å². The van der Waals surface area contributed by atoms with Gasteiger partial charge in [-0.25, -0.2) is 0 Å². The van der Waals surface area contributed by atoms with Crippen LogP contribution in [0.1, 0.15) is 18.5 Å². The van der Waals surface area contributed by atoms with Gasteiger partial charge < -0.3 is 20.3 Å². The summed E-state index contributed by atoms with van der Waals surface area (Å²) in [6, 6.07) is 10.1. The van der Waals surface area contributed by atoms with Crippen LogP contribution < -0.4 is 10.1 Å². The van der Waals surface area contributed by atoms with E-state index in [2.05, 4.69) is 21.2 Å². The zero-order chi connectivity index (χ0) is 14.7. The Labute approximate surface area is 126 Å². The first kappa shape index (κ1) is 14.5. The number of nitrogens with one attached hydrogen (secondary N) is 1. The number of ether oxygens (including phenoxy) is 1. The monoisotopic (exact) mass is 337 g/mol. The molecule has 0 amide bonds. The van der Waals surface area contributed by atoms with Crippen LogP contribution in [0.15, 0.2) is 40.9 Å². The molecule has 5 heteroatoms. The van der Waals surface area contributed by atoms with E-state index in [-0.39, 0.29) is 17.5 Å². The fourth-order valence-electron chi connectivity index (χ4n) is 2.06. The molecule has 2 aromatic rings. The highest BCUT2D eigenvalue weighted by Gasteiger charge is 2.15. The van der Waals surface area contributed by atoms with Gasteiger partial charge in [0.15, 0.2) is 0 Å². The smallest absolute Gasteiger partial charge is 0.133 e. The maximum absolute atomic E-state index is 9.85. The number of anilines is 1. The average molecular weight is 338 g/mol. The summed E-state index contributed by atoms with van der Waals surface area (Å²) in [5.41, 5.74) is 1.33. The van der Waals surface area contributed by atoms with Crippen LogP contribution in [-0.4, -0.2) is 17.3 Å². The summed E-state index contributed by atoms with van der Waals surface area (Å²) in [5, 5.41) is 22.9. The quantitative estimate of drug-likeness (QED) is 0.787.